The molecule has 0 spiro atoms. The zero-order valence-corrected chi connectivity index (χ0v) is 11.6. The first-order valence-electron chi connectivity index (χ1n) is 4.36. The zero-order chi connectivity index (χ0) is 16.2. The first-order valence-corrected chi connectivity index (χ1v) is 4.36. The van der Waals surface area contributed by atoms with Crippen LogP contribution in [0.15, 0.2) is 0 Å². The van der Waals surface area contributed by atoms with E-state index < -0.39 is 37.7 Å². The number of rotatable bonds is 4. The molecule has 0 aromatic rings. The summed E-state index contributed by atoms with van der Waals surface area (Å²) in [6.45, 7) is 0. The fourth-order valence-corrected chi connectivity index (χ4v) is 0.0861. The van der Waals surface area contributed by atoms with Gasteiger partial charge in [-0.05, 0) is 0 Å². The molecule has 0 fully saturated rings. The molecular weight excluding hydrogens is 377 g/mol. The summed E-state index contributed by atoms with van der Waals surface area (Å²) in [6.07, 6.45) is -11.6. The number of hydrogen-bond donors (Lipinski definition) is 11. The molecule has 0 bridgehead atoms. The maximum Gasteiger partial charge on any atom is 1.00 e. The Balaban J connectivity index is -0.0000000941. The molecule has 0 aromatic carbocycles. The Labute approximate surface area is 126 Å². The molecule has 12 nitrogen and oxygen atoms in total. The number of aliphatic hydroxyl groups excluding tert-OH is 6. The van der Waals surface area contributed by atoms with Gasteiger partial charge in [0.2, 0.25) is 31.5 Å². The van der Waals surface area contributed by atoms with Gasteiger partial charge >= 0.3 is 19.5 Å². The van der Waals surface area contributed by atoms with Gasteiger partial charge < -0.3 is 60.9 Å². The van der Waals surface area contributed by atoms with Crippen molar-refractivity contribution in [3.8, 4) is 0 Å². The average molecular weight is 396 g/mol. The summed E-state index contributed by atoms with van der Waals surface area (Å²) in [5, 5.41) is 85.6. The Bertz CT molecular complexity index is 151. The summed E-state index contributed by atoms with van der Waals surface area (Å²) in [5.74, 6) is 0. The SMILES string of the molecule is OC(O)C(O)O.OC(O)C(O)O.[CH2-]OC(O)C(O)O.[Ru+]. The second-order valence-corrected chi connectivity index (χ2v) is 2.63. The largest absolute Gasteiger partial charge is 1.00 e. The van der Waals surface area contributed by atoms with E-state index in [2.05, 4.69) is 11.8 Å². The van der Waals surface area contributed by atoms with Crippen molar-refractivity contribution in [1.29, 1.82) is 0 Å². The van der Waals surface area contributed by atoms with Gasteiger partial charge in [-0.1, -0.05) is 0 Å². The molecule has 1 unspecified atom stereocenters. The van der Waals surface area contributed by atoms with E-state index in [-0.39, 0.29) is 19.5 Å². The van der Waals surface area contributed by atoms with Crippen LogP contribution in [-0.4, -0.2) is 93.9 Å². The van der Waals surface area contributed by atoms with Crippen LogP contribution in [0.4, 0.5) is 0 Å². The van der Waals surface area contributed by atoms with E-state index >= 15 is 0 Å². The monoisotopic (exact) mass is 397 g/mol. The van der Waals surface area contributed by atoms with Crippen LogP contribution in [0.2, 0.25) is 0 Å². The van der Waals surface area contributed by atoms with Gasteiger partial charge in [0.15, 0.2) is 6.29 Å². The van der Waals surface area contributed by atoms with Gasteiger partial charge in [-0.15, -0.1) is 0 Å². The number of hydrogen-bond acceptors (Lipinski definition) is 12. The topological polar surface area (TPSA) is 232 Å². The van der Waals surface area contributed by atoms with Gasteiger partial charge in [0.1, 0.15) is 0 Å². The van der Waals surface area contributed by atoms with E-state index in [4.69, 9.17) is 56.2 Å². The van der Waals surface area contributed by atoms with Crippen molar-refractivity contribution in [3.63, 3.8) is 0 Å². The summed E-state index contributed by atoms with van der Waals surface area (Å²) in [7, 11) is 2.74. The molecule has 0 rings (SSSR count). The molecule has 127 valence electrons. The molecule has 0 aliphatic heterocycles. The smallest absolute Gasteiger partial charge is 0.529 e. The molecule has 11 N–H and O–H groups in total. The van der Waals surface area contributed by atoms with Gasteiger partial charge in [0.05, 0.1) is 0 Å². The van der Waals surface area contributed by atoms with Crippen LogP contribution in [0.25, 0.3) is 0 Å². The fourth-order valence-electron chi connectivity index (χ4n) is 0.0861. The first-order chi connectivity index (χ1) is 8.47. The van der Waals surface area contributed by atoms with E-state index in [0.29, 0.717) is 0 Å². The predicted molar refractivity (Wildman–Crippen MR) is 53.6 cm³/mol. The van der Waals surface area contributed by atoms with Crippen molar-refractivity contribution in [3.05, 3.63) is 7.11 Å². The molecule has 0 aliphatic carbocycles. The van der Waals surface area contributed by atoms with Crippen LogP contribution in [-0.2, 0) is 24.2 Å². The van der Waals surface area contributed by atoms with Crippen molar-refractivity contribution in [2.24, 2.45) is 0 Å². The summed E-state index contributed by atoms with van der Waals surface area (Å²) in [4.78, 5) is 0. The van der Waals surface area contributed by atoms with Crippen LogP contribution in [0.1, 0.15) is 0 Å². The third-order valence-corrected chi connectivity index (χ3v) is 0.959. The Morgan fingerprint density at radius 1 is 0.500 bits per heavy atom. The average Bonchev–Trinajstić information content (AvgIpc) is 2.29. The first kappa shape index (κ1) is 28.3. The van der Waals surface area contributed by atoms with E-state index in [9.17, 15) is 0 Å². The summed E-state index contributed by atoms with van der Waals surface area (Å²) in [6, 6.07) is 0. The maximum atomic E-state index is 8.15. The molecule has 0 amide bonds. The van der Waals surface area contributed by atoms with E-state index in [0.717, 1.165) is 0 Å². The molecule has 0 saturated heterocycles. The Morgan fingerprint density at radius 2 is 0.700 bits per heavy atom. The minimum atomic E-state index is -2.04. The van der Waals surface area contributed by atoms with Crippen molar-refractivity contribution in [1.82, 2.24) is 0 Å². The second-order valence-electron chi connectivity index (χ2n) is 2.63. The molecular formula is C7H19O12Ru. The minimum Gasteiger partial charge on any atom is -0.529 e. The van der Waals surface area contributed by atoms with Gasteiger partial charge in [0, 0.05) is 0 Å². The zero-order valence-electron chi connectivity index (χ0n) is 9.85. The van der Waals surface area contributed by atoms with Crippen LogP contribution >= 0.6 is 0 Å². The van der Waals surface area contributed by atoms with Crippen LogP contribution in [0.5, 0.6) is 0 Å². The molecule has 0 heterocycles. The van der Waals surface area contributed by atoms with Gasteiger partial charge in [-0.2, -0.15) is 0 Å². The normalized spacial score (nSPS) is 11.8. The third kappa shape index (κ3) is 26.7. The third-order valence-electron chi connectivity index (χ3n) is 0.959. The molecule has 1 radical (unpaired) electrons. The molecule has 0 saturated carbocycles. The van der Waals surface area contributed by atoms with Gasteiger partial charge in [-0.3, -0.25) is 0 Å². The molecule has 1 atom stereocenters. The Kier molecular flexibility index (Phi) is 24.4. The van der Waals surface area contributed by atoms with E-state index in [1.165, 1.54) is 0 Å². The predicted octanol–water partition coefficient (Wildman–Crippen LogP) is -6.36. The molecule has 20 heavy (non-hydrogen) atoms. The minimum absolute atomic E-state index is 0. The Hall–Kier alpha value is 0.143. The quantitative estimate of drug-likeness (QED) is 0.121. The maximum absolute atomic E-state index is 8.15. The molecule has 0 aromatic heterocycles. The summed E-state index contributed by atoms with van der Waals surface area (Å²) >= 11 is 0. The van der Waals surface area contributed by atoms with Crippen LogP contribution < -0.4 is 0 Å². The summed E-state index contributed by atoms with van der Waals surface area (Å²) in [5.41, 5.74) is 0. The second kappa shape index (κ2) is 17.2. The van der Waals surface area contributed by atoms with Crippen molar-refractivity contribution >= 4 is 0 Å². The van der Waals surface area contributed by atoms with Crippen molar-refractivity contribution in [2.75, 3.05) is 0 Å². The number of ether oxygens (including phenoxy) is 1. The summed E-state index contributed by atoms with van der Waals surface area (Å²) < 4.78 is 3.82. The molecule has 13 heteroatoms. The Morgan fingerprint density at radius 3 is 0.700 bits per heavy atom. The fraction of sp³-hybridized carbons (Fsp3) is 0.857. The van der Waals surface area contributed by atoms with Crippen molar-refractivity contribution in [2.45, 2.75) is 37.7 Å². The van der Waals surface area contributed by atoms with E-state index in [1.54, 1.807) is 0 Å². The van der Waals surface area contributed by atoms with Crippen LogP contribution in [0, 0.1) is 7.11 Å². The van der Waals surface area contributed by atoms with Crippen molar-refractivity contribution < 1.29 is 80.4 Å². The van der Waals surface area contributed by atoms with Crippen LogP contribution in [0.3, 0.4) is 0 Å². The standard InChI is InChI=1S/C3H7O4.2C2H6O4.Ru/c1-7-3(6)2(4)5;2*3-1(4)2(5)6;/h2-6H,1H2;2*1-6H;/q-1;;;+1. The number of aliphatic hydroxyl groups is 11. The van der Waals surface area contributed by atoms with Gasteiger partial charge in [0.25, 0.3) is 0 Å². The molecule has 0 aliphatic rings. The van der Waals surface area contributed by atoms with Gasteiger partial charge in [-0.25, -0.2) is 7.11 Å². The van der Waals surface area contributed by atoms with E-state index in [1.807, 2.05) is 0 Å².